The Morgan fingerprint density at radius 1 is 1.33 bits per heavy atom. The van der Waals surface area contributed by atoms with Gasteiger partial charge in [0, 0.05) is 5.92 Å². The van der Waals surface area contributed by atoms with Gasteiger partial charge in [-0.15, -0.1) is 0 Å². The number of benzene rings is 1. The summed E-state index contributed by atoms with van der Waals surface area (Å²) in [4.78, 5) is 11.7. The zero-order valence-corrected chi connectivity index (χ0v) is 15.0. The fourth-order valence-electron chi connectivity index (χ4n) is 6.33. The minimum absolute atomic E-state index is 0.0629. The lowest BCUT2D eigenvalue weighted by molar-refractivity contribution is -0.115. The number of fused-ring (bicyclic) bond motifs is 5. The number of aldehydes is 1. The van der Waals surface area contributed by atoms with Crippen LogP contribution in [0.25, 0.3) is 0 Å². The van der Waals surface area contributed by atoms with Crippen LogP contribution in [0, 0.1) is 29.1 Å². The molecule has 1 aromatic rings. The SMILES string of the molecule is C=C1C[C@@H]2[C@@H]3[C@H](C)Cc4cc(OC)ccc4[C@H]3CC[C@]2(C)[C@@H]1C=O. The molecule has 0 heterocycles. The number of rotatable bonds is 2. The van der Waals surface area contributed by atoms with Crippen LogP contribution < -0.4 is 4.74 Å². The summed E-state index contributed by atoms with van der Waals surface area (Å²) in [5, 5.41) is 0. The van der Waals surface area contributed by atoms with Crippen LogP contribution in [0.15, 0.2) is 30.4 Å². The summed E-state index contributed by atoms with van der Waals surface area (Å²) in [6, 6.07) is 6.64. The van der Waals surface area contributed by atoms with E-state index in [4.69, 9.17) is 4.74 Å². The third-order valence-corrected chi connectivity index (χ3v) is 7.49. The first-order valence-electron chi connectivity index (χ1n) is 9.29. The van der Waals surface area contributed by atoms with Crippen molar-refractivity contribution >= 4 is 6.29 Å². The zero-order valence-electron chi connectivity index (χ0n) is 15.0. The summed E-state index contributed by atoms with van der Waals surface area (Å²) in [5.41, 5.74) is 4.29. The average Bonchev–Trinajstić information content (AvgIpc) is 2.83. The molecular weight excluding hydrogens is 296 g/mol. The molecule has 3 aliphatic rings. The van der Waals surface area contributed by atoms with Gasteiger partial charge in [0.15, 0.2) is 0 Å². The lowest BCUT2D eigenvalue weighted by atomic mass is 9.52. The summed E-state index contributed by atoms with van der Waals surface area (Å²) in [6.45, 7) is 9.01. The van der Waals surface area contributed by atoms with Gasteiger partial charge >= 0.3 is 0 Å². The van der Waals surface area contributed by atoms with E-state index in [1.54, 1.807) is 7.11 Å². The summed E-state index contributed by atoms with van der Waals surface area (Å²) >= 11 is 0. The normalized spacial score (nSPS) is 40.5. The maximum atomic E-state index is 11.7. The van der Waals surface area contributed by atoms with Gasteiger partial charge in [-0.3, -0.25) is 0 Å². The molecule has 0 aromatic heterocycles. The van der Waals surface area contributed by atoms with Crippen LogP contribution >= 0.6 is 0 Å². The number of allylic oxidation sites excluding steroid dienone is 1. The Bertz CT molecular complexity index is 691. The lowest BCUT2D eigenvalue weighted by Gasteiger charge is -2.52. The summed E-state index contributed by atoms with van der Waals surface area (Å²) in [7, 11) is 1.74. The maximum Gasteiger partial charge on any atom is 0.127 e. The quantitative estimate of drug-likeness (QED) is 0.578. The van der Waals surface area contributed by atoms with Gasteiger partial charge in [0.1, 0.15) is 12.0 Å². The fraction of sp³-hybridized carbons (Fsp3) is 0.591. The number of carbonyl (C=O) groups is 1. The highest BCUT2D eigenvalue weighted by Crippen LogP contribution is 2.64. The van der Waals surface area contributed by atoms with E-state index in [-0.39, 0.29) is 11.3 Å². The van der Waals surface area contributed by atoms with Crippen molar-refractivity contribution in [2.75, 3.05) is 7.11 Å². The first kappa shape index (κ1) is 15.9. The van der Waals surface area contributed by atoms with Crippen LogP contribution in [0.4, 0.5) is 0 Å². The van der Waals surface area contributed by atoms with Crippen LogP contribution in [0.1, 0.15) is 50.2 Å². The number of carbonyl (C=O) groups excluding carboxylic acids is 1. The van der Waals surface area contributed by atoms with E-state index >= 15 is 0 Å². The summed E-state index contributed by atoms with van der Waals surface area (Å²) in [5.74, 6) is 3.59. The predicted molar refractivity (Wildman–Crippen MR) is 96.2 cm³/mol. The van der Waals surface area contributed by atoms with Crippen LogP contribution in [0.2, 0.25) is 0 Å². The molecule has 0 amide bonds. The molecule has 6 atom stereocenters. The molecule has 1 aromatic carbocycles. The molecule has 0 bridgehead atoms. The van der Waals surface area contributed by atoms with Crippen molar-refractivity contribution in [1.29, 1.82) is 0 Å². The van der Waals surface area contributed by atoms with Crippen molar-refractivity contribution < 1.29 is 9.53 Å². The van der Waals surface area contributed by atoms with Crippen LogP contribution in [0.5, 0.6) is 5.75 Å². The minimum Gasteiger partial charge on any atom is -0.497 e. The Labute approximate surface area is 145 Å². The Hall–Kier alpha value is -1.57. The molecule has 0 aliphatic heterocycles. The Balaban J connectivity index is 1.75. The largest absolute Gasteiger partial charge is 0.497 e. The van der Waals surface area contributed by atoms with E-state index in [2.05, 4.69) is 38.6 Å². The van der Waals surface area contributed by atoms with E-state index in [9.17, 15) is 4.79 Å². The van der Waals surface area contributed by atoms with Crippen LogP contribution in [0.3, 0.4) is 0 Å². The topological polar surface area (TPSA) is 26.3 Å². The molecule has 2 heteroatoms. The van der Waals surface area contributed by atoms with Gasteiger partial charge in [-0.25, -0.2) is 0 Å². The van der Waals surface area contributed by atoms with Crippen molar-refractivity contribution in [2.45, 2.75) is 45.4 Å². The number of methoxy groups -OCH3 is 1. The third-order valence-electron chi connectivity index (χ3n) is 7.49. The van der Waals surface area contributed by atoms with E-state index in [0.717, 1.165) is 25.0 Å². The van der Waals surface area contributed by atoms with Gasteiger partial charge in [-0.1, -0.05) is 32.1 Å². The number of ether oxygens (including phenoxy) is 1. The monoisotopic (exact) mass is 324 g/mol. The van der Waals surface area contributed by atoms with Gasteiger partial charge in [0.25, 0.3) is 0 Å². The standard InChI is InChI=1S/C22H28O2/c1-13-10-19-21-14(2)9-15-11-16(24-4)5-6-17(15)18(21)7-8-22(19,3)20(13)12-23/h5-6,11-12,14,18-21H,1,7-10H2,2-4H3/t14-,18-,19-,20-,21-,22+/m1/s1. The maximum absolute atomic E-state index is 11.7. The minimum atomic E-state index is 0.0629. The first-order chi connectivity index (χ1) is 11.5. The molecule has 24 heavy (non-hydrogen) atoms. The predicted octanol–water partition coefficient (Wildman–Crippen LogP) is 4.78. The number of hydrogen-bond donors (Lipinski definition) is 0. The van der Waals surface area contributed by atoms with E-state index in [0.29, 0.717) is 23.7 Å². The molecule has 128 valence electrons. The second kappa shape index (κ2) is 5.47. The molecule has 2 nitrogen and oxygen atoms in total. The molecule has 2 fully saturated rings. The number of hydrogen-bond acceptors (Lipinski definition) is 2. The molecule has 3 aliphatic carbocycles. The third kappa shape index (κ3) is 2.04. The molecule has 0 unspecified atom stereocenters. The molecule has 0 radical (unpaired) electrons. The second-order valence-electron chi connectivity index (χ2n) is 8.56. The van der Waals surface area contributed by atoms with E-state index < -0.39 is 0 Å². The van der Waals surface area contributed by atoms with Crippen LogP contribution in [-0.4, -0.2) is 13.4 Å². The van der Waals surface area contributed by atoms with Crippen molar-refractivity contribution in [2.24, 2.45) is 29.1 Å². The Morgan fingerprint density at radius 2 is 2.12 bits per heavy atom. The van der Waals surface area contributed by atoms with Crippen molar-refractivity contribution in [3.05, 3.63) is 41.5 Å². The van der Waals surface area contributed by atoms with Crippen LogP contribution in [-0.2, 0) is 11.2 Å². The highest BCUT2D eigenvalue weighted by molar-refractivity contribution is 5.62. The average molecular weight is 324 g/mol. The summed E-state index contributed by atoms with van der Waals surface area (Å²) in [6.07, 6.45) is 5.67. The Kier molecular flexibility index (Phi) is 3.63. The molecule has 4 rings (SSSR count). The molecule has 0 spiro atoms. The second-order valence-corrected chi connectivity index (χ2v) is 8.56. The van der Waals surface area contributed by atoms with Gasteiger partial charge in [-0.05, 0) is 78.0 Å². The molecular formula is C22H28O2. The van der Waals surface area contributed by atoms with E-state index in [1.807, 2.05) is 0 Å². The molecule has 0 saturated heterocycles. The van der Waals surface area contributed by atoms with Gasteiger partial charge in [0.2, 0.25) is 0 Å². The zero-order chi connectivity index (χ0) is 17.1. The van der Waals surface area contributed by atoms with Crippen molar-refractivity contribution in [3.63, 3.8) is 0 Å². The Morgan fingerprint density at radius 3 is 2.83 bits per heavy atom. The van der Waals surface area contributed by atoms with Crippen molar-refractivity contribution in [1.82, 2.24) is 0 Å². The van der Waals surface area contributed by atoms with Gasteiger partial charge in [0.05, 0.1) is 7.11 Å². The molecule has 2 saturated carbocycles. The lowest BCUT2D eigenvalue weighted by Crippen LogP contribution is -2.45. The van der Waals surface area contributed by atoms with Crippen molar-refractivity contribution in [3.8, 4) is 5.75 Å². The first-order valence-corrected chi connectivity index (χ1v) is 9.29. The van der Waals surface area contributed by atoms with Gasteiger partial charge < -0.3 is 9.53 Å². The smallest absolute Gasteiger partial charge is 0.127 e. The highest BCUT2D eigenvalue weighted by Gasteiger charge is 2.57. The van der Waals surface area contributed by atoms with E-state index in [1.165, 1.54) is 29.4 Å². The van der Waals surface area contributed by atoms with Gasteiger partial charge in [-0.2, -0.15) is 0 Å². The molecule has 0 N–H and O–H groups in total. The summed E-state index contributed by atoms with van der Waals surface area (Å²) < 4.78 is 5.43. The fourth-order valence-corrected chi connectivity index (χ4v) is 6.33. The highest BCUT2D eigenvalue weighted by atomic mass is 16.5.